The molecule has 3 aromatic carbocycles. The van der Waals surface area contributed by atoms with Gasteiger partial charge in [-0.05, 0) is 42.8 Å². The first kappa shape index (κ1) is 20.0. The summed E-state index contributed by atoms with van der Waals surface area (Å²) >= 11 is 0. The molecule has 152 valence electrons. The molecule has 0 saturated heterocycles. The smallest absolute Gasteiger partial charge is 0.344 e. The van der Waals surface area contributed by atoms with E-state index in [4.69, 9.17) is 9.47 Å². The quantitative estimate of drug-likeness (QED) is 0.408. The second-order valence-corrected chi connectivity index (χ2v) is 6.88. The van der Waals surface area contributed by atoms with Gasteiger partial charge in [0.1, 0.15) is 0 Å². The van der Waals surface area contributed by atoms with E-state index >= 15 is 0 Å². The lowest BCUT2D eigenvalue weighted by atomic mass is 10.1. The summed E-state index contributed by atoms with van der Waals surface area (Å²) in [5.41, 5.74) is 3.34. The lowest BCUT2D eigenvalue weighted by Gasteiger charge is -2.12. The van der Waals surface area contributed by atoms with Crippen molar-refractivity contribution in [1.82, 2.24) is 4.98 Å². The van der Waals surface area contributed by atoms with E-state index in [2.05, 4.69) is 4.98 Å². The molecule has 0 saturated carbocycles. The first-order valence-electron chi connectivity index (χ1n) is 9.73. The van der Waals surface area contributed by atoms with Crippen molar-refractivity contribution in [2.24, 2.45) is 0 Å². The Bertz CT molecular complexity index is 1200. The SMILES string of the molecule is Cc1ccc(-c2ccc(OC(=O)c3ccccc3)nc2OC(=O)c2ccccc2)cc1. The second kappa shape index (κ2) is 9.05. The first-order valence-corrected chi connectivity index (χ1v) is 9.73. The van der Waals surface area contributed by atoms with Gasteiger partial charge in [0.15, 0.2) is 0 Å². The van der Waals surface area contributed by atoms with Crippen LogP contribution in [-0.4, -0.2) is 16.9 Å². The van der Waals surface area contributed by atoms with Gasteiger partial charge in [0.05, 0.1) is 11.1 Å². The van der Waals surface area contributed by atoms with Crippen molar-refractivity contribution >= 4 is 11.9 Å². The van der Waals surface area contributed by atoms with Crippen LogP contribution >= 0.6 is 0 Å². The standard InChI is InChI=1S/C26H19NO4/c1-18-12-14-19(15-13-18)22-16-17-23(30-25(28)20-8-4-2-5-9-20)27-24(22)31-26(29)21-10-6-3-7-11-21/h2-17H,1H3. The number of pyridine rings is 1. The number of aromatic nitrogens is 1. The van der Waals surface area contributed by atoms with Crippen LogP contribution in [-0.2, 0) is 0 Å². The largest absolute Gasteiger partial charge is 0.404 e. The summed E-state index contributed by atoms with van der Waals surface area (Å²) in [5, 5.41) is 0. The third kappa shape index (κ3) is 4.85. The number of ether oxygens (including phenoxy) is 2. The fraction of sp³-hybridized carbons (Fsp3) is 0.0385. The van der Waals surface area contributed by atoms with E-state index in [0.717, 1.165) is 11.1 Å². The normalized spacial score (nSPS) is 10.4. The van der Waals surface area contributed by atoms with Crippen LogP contribution in [0.1, 0.15) is 26.3 Å². The van der Waals surface area contributed by atoms with Crippen LogP contribution in [0.4, 0.5) is 0 Å². The minimum atomic E-state index is -0.548. The molecular weight excluding hydrogens is 390 g/mol. The highest BCUT2D eigenvalue weighted by Gasteiger charge is 2.17. The van der Waals surface area contributed by atoms with Crippen molar-refractivity contribution in [2.75, 3.05) is 0 Å². The van der Waals surface area contributed by atoms with E-state index in [1.807, 2.05) is 43.3 Å². The number of hydrogen-bond acceptors (Lipinski definition) is 5. The van der Waals surface area contributed by atoms with E-state index in [1.54, 1.807) is 60.7 Å². The molecular formula is C26H19NO4. The second-order valence-electron chi connectivity index (χ2n) is 6.88. The third-order valence-electron chi connectivity index (χ3n) is 4.60. The number of esters is 2. The van der Waals surface area contributed by atoms with Crippen LogP contribution < -0.4 is 9.47 Å². The van der Waals surface area contributed by atoms with Crippen LogP contribution in [0.5, 0.6) is 11.8 Å². The van der Waals surface area contributed by atoms with E-state index in [-0.39, 0.29) is 11.8 Å². The van der Waals surface area contributed by atoms with Crippen molar-refractivity contribution in [3.05, 3.63) is 114 Å². The number of carbonyl (C=O) groups excluding carboxylic acids is 2. The molecule has 4 rings (SSSR count). The van der Waals surface area contributed by atoms with Gasteiger partial charge >= 0.3 is 11.9 Å². The summed E-state index contributed by atoms with van der Waals surface area (Å²) in [6.07, 6.45) is 0. The molecule has 5 nitrogen and oxygen atoms in total. The van der Waals surface area contributed by atoms with Gasteiger partial charge in [-0.3, -0.25) is 0 Å². The fourth-order valence-electron chi connectivity index (χ4n) is 2.96. The maximum absolute atomic E-state index is 12.6. The molecule has 0 aliphatic heterocycles. The van der Waals surface area contributed by atoms with E-state index in [9.17, 15) is 9.59 Å². The zero-order valence-electron chi connectivity index (χ0n) is 16.8. The highest BCUT2D eigenvalue weighted by Crippen LogP contribution is 2.31. The van der Waals surface area contributed by atoms with Gasteiger partial charge < -0.3 is 9.47 Å². The molecule has 0 fully saturated rings. The summed E-state index contributed by atoms with van der Waals surface area (Å²) in [4.78, 5) is 29.3. The highest BCUT2D eigenvalue weighted by molar-refractivity contribution is 5.92. The molecule has 0 N–H and O–H groups in total. The Balaban J connectivity index is 1.67. The maximum atomic E-state index is 12.6. The van der Waals surface area contributed by atoms with E-state index in [1.165, 1.54) is 0 Å². The molecule has 1 aromatic heterocycles. The Hall–Kier alpha value is -4.25. The average Bonchev–Trinajstić information content (AvgIpc) is 2.81. The van der Waals surface area contributed by atoms with Crippen molar-refractivity contribution in [3.63, 3.8) is 0 Å². The average molecular weight is 409 g/mol. The van der Waals surface area contributed by atoms with Crippen LogP contribution in [0, 0.1) is 6.92 Å². The Labute approximate surface area is 179 Å². The maximum Gasteiger partial charge on any atom is 0.344 e. The Morgan fingerprint density at radius 2 is 1.19 bits per heavy atom. The van der Waals surface area contributed by atoms with Crippen molar-refractivity contribution in [3.8, 4) is 22.9 Å². The van der Waals surface area contributed by atoms with Crippen molar-refractivity contribution in [1.29, 1.82) is 0 Å². The Morgan fingerprint density at radius 1 is 0.645 bits per heavy atom. The van der Waals surface area contributed by atoms with Gasteiger partial charge in [-0.2, -0.15) is 4.98 Å². The minimum absolute atomic E-state index is 0.0422. The number of nitrogens with zero attached hydrogens (tertiary/aromatic N) is 1. The monoisotopic (exact) mass is 409 g/mol. The van der Waals surface area contributed by atoms with Crippen LogP contribution in [0.25, 0.3) is 11.1 Å². The molecule has 0 radical (unpaired) electrons. The summed E-state index contributed by atoms with van der Waals surface area (Å²) < 4.78 is 11.0. The van der Waals surface area contributed by atoms with Crippen LogP contribution in [0.2, 0.25) is 0 Å². The van der Waals surface area contributed by atoms with Gasteiger partial charge in [0.25, 0.3) is 0 Å². The number of carbonyl (C=O) groups is 2. The molecule has 4 aromatic rings. The Morgan fingerprint density at radius 3 is 1.77 bits per heavy atom. The predicted molar refractivity (Wildman–Crippen MR) is 117 cm³/mol. The Kier molecular flexibility index (Phi) is 5.85. The van der Waals surface area contributed by atoms with Gasteiger partial charge in [0, 0.05) is 11.6 Å². The summed E-state index contributed by atoms with van der Waals surface area (Å²) in [6.45, 7) is 1.99. The zero-order chi connectivity index (χ0) is 21.6. The van der Waals surface area contributed by atoms with Crippen molar-refractivity contribution in [2.45, 2.75) is 6.92 Å². The van der Waals surface area contributed by atoms with E-state index in [0.29, 0.717) is 16.7 Å². The minimum Gasteiger partial charge on any atom is -0.404 e. The van der Waals surface area contributed by atoms with Gasteiger partial charge in [0.2, 0.25) is 11.8 Å². The van der Waals surface area contributed by atoms with Crippen LogP contribution in [0.15, 0.2) is 97.1 Å². The zero-order valence-corrected chi connectivity index (χ0v) is 16.8. The summed E-state index contributed by atoms with van der Waals surface area (Å²) in [6, 6.07) is 28.3. The molecule has 0 aliphatic carbocycles. The van der Waals surface area contributed by atoms with E-state index < -0.39 is 11.9 Å². The molecule has 5 heteroatoms. The molecule has 0 atom stereocenters. The fourth-order valence-corrected chi connectivity index (χ4v) is 2.96. The first-order chi connectivity index (χ1) is 15.1. The molecule has 0 amide bonds. The highest BCUT2D eigenvalue weighted by atomic mass is 16.6. The molecule has 0 unspecified atom stereocenters. The summed E-state index contributed by atoms with van der Waals surface area (Å²) in [7, 11) is 0. The third-order valence-corrected chi connectivity index (χ3v) is 4.60. The summed E-state index contributed by atoms with van der Waals surface area (Å²) in [5.74, 6) is -0.985. The molecule has 31 heavy (non-hydrogen) atoms. The molecule has 0 aliphatic rings. The lowest BCUT2D eigenvalue weighted by molar-refractivity contribution is 0.0718. The molecule has 0 bridgehead atoms. The predicted octanol–water partition coefficient (Wildman–Crippen LogP) is 5.50. The number of hydrogen-bond donors (Lipinski definition) is 0. The van der Waals surface area contributed by atoms with Gasteiger partial charge in [-0.25, -0.2) is 9.59 Å². The number of aryl methyl sites for hydroxylation is 1. The van der Waals surface area contributed by atoms with Gasteiger partial charge in [-0.1, -0.05) is 66.2 Å². The molecule has 1 heterocycles. The van der Waals surface area contributed by atoms with Gasteiger partial charge in [-0.15, -0.1) is 0 Å². The van der Waals surface area contributed by atoms with Crippen LogP contribution in [0.3, 0.4) is 0 Å². The number of rotatable bonds is 5. The van der Waals surface area contributed by atoms with Crippen molar-refractivity contribution < 1.29 is 19.1 Å². The topological polar surface area (TPSA) is 65.5 Å². The lowest BCUT2D eigenvalue weighted by Crippen LogP contribution is -2.12. The molecule has 0 spiro atoms. The number of benzene rings is 3.